The van der Waals surface area contributed by atoms with Crippen molar-refractivity contribution in [1.82, 2.24) is 5.32 Å². The minimum atomic E-state index is -0.500. The number of amides is 1. The monoisotopic (exact) mass is 264 g/mol. The van der Waals surface area contributed by atoms with Crippen LogP contribution in [0.1, 0.15) is 5.56 Å². The second-order valence-electron chi connectivity index (χ2n) is 3.04. The Morgan fingerprint density at radius 3 is 2.81 bits per heavy atom. The predicted molar refractivity (Wildman–Crippen MR) is 66.2 cm³/mol. The SMILES string of the molecule is CNCc1cc(Cl)ccc1OCC(N)=O.Cl. The van der Waals surface area contributed by atoms with E-state index in [4.69, 9.17) is 22.1 Å². The highest BCUT2D eigenvalue weighted by Crippen LogP contribution is 2.22. The standard InChI is InChI=1S/C10H13ClN2O2.ClH/c1-13-5-7-4-8(11)2-3-9(7)15-6-10(12)14;/h2-4,13H,5-6H2,1H3,(H2,12,14);1H. The van der Waals surface area contributed by atoms with Gasteiger partial charge in [0.05, 0.1) is 0 Å². The van der Waals surface area contributed by atoms with Crippen molar-refractivity contribution >= 4 is 29.9 Å². The van der Waals surface area contributed by atoms with Crippen LogP contribution < -0.4 is 15.8 Å². The molecule has 0 saturated carbocycles. The Morgan fingerprint density at radius 1 is 1.56 bits per heavy atom. The lowest BCUT2D eigenvalue weighted by Crippen LogP contribution is -2.20. The highest BCUT2D eigenvalue weighted by molar-refractivity contribution is 6.30. The van der Waals surface area contributed by atoms with Crippen molar-refractivity contribution in [3.63, 3.8) is 0 Å². The van der Waals surface area contributed by atoms with E-state index in [1.165, 1.54) is 0 Å². The summed E-state index contributed by atoms with van der Waals surface area (Å²) in [6.45, 7) is 0.493. The number of nitrogens with one attached hydrogen (secondary N) is 1. The maximum absolute atomic E-state index is 10.6. The van der Waals surface area contributed by atoms with E-state index in [1.54, 1.807) is 18.2 Å². The van der Waals surface area contributed by atoms with Crippen LogP contribution in [0.25, 0.3) is 0 Å². The summed E-state index contributed by atoms with van der Waals surface area (Å²) < 4.78 is 5.23. The molecule has 0 fully saturated rings. The lowest BCUT2D eigenvalue weighted by atomic mass is 10.2. The van der Waals surface area contributed by atoms with E-state index in [1.807, 2.05) is 7.05 Å². The quantitative estimate of drug-likeness (QED) is 0.844. The van der Waals surface area contributed by atoms with E-state index < -0.39 is 5.91 Å². The Bertz CT molecular complexity index is 359. The number of nitrogens with two attached hydrogens (primary N) is 1. The summed E-state index contributed by atoms with van der Waals surface area (Å²) in [4.78, 5) is 10.6. The van der Waals surface area contributed by atoms with Crippen LogP contribution >= 0.6 is 24.0 Å². The number of primary amides is 1. The van der Waals surface area contributed by atoms with Crippen molar-refractivity contribution in [3.8, 4) is 5.75 Å². The molecular formula is C10H14Cl2N2O2. The van der Waals surface area contributed by atoms with Crippen molar-refractivity contribution in [2.45, 2.75) is 6.54 Å². The average Bonchev–Trinajstić information content (AvgIpc) is 2.17. The molecule has 6 heteroatoms. The van der Waals surface area contributed by atoms with Crippen molar-refractivity contribution in [2.75, 3.05) is 13.7 Å². The Hall–Kier alpha value is -0.970. The van der Waals surface area contributed by atoms with Crippen LogP contribution in [0.2, 0.25) is 5.02 Å². The molecule has 16 heavy (non-hydrogen) atoms. The summed E-state index contributed by atoms with van der Waals surface area (Å²) in [7, 11) is 1.82. The molecule has 0 spiro atoms. The number of ether oxygens (including phenoxy) is 1. The summed E-state index contributed by atoms with van der Waals surface area (Å²) in [5.41, 5.74) is 5.88. The average molecular weight is 265 g/mol. The van der Waals surface area contributed by atoms with Crippen LogP contribution in [-0.4, -0.2) is 19.6 Å². The molecule has 0 aliphatic heterocycles. The number of benzene rings is 1. The number of rotatable bonds is 5. The molecule has 0 unspecified atom stereocenters. The number of hydrogen-bond acceptors (Lipinski definition) is 3. The van der Waals surface area contributed by atoms with Crippen molar-refractivity contribution in [1.29, 1.82) is 0 Å². The molecule has 0 saturated heterocycles. The summed E-state index contributed by atoms with van der Waals surface area (Å²) in [5, 5.41) is 3.62. The molecule has 4 nitrogen and oxygen atoms in total. The van der Waals surface area contributed by atoms with E-state index in [9.17, 15) is 4.79 Å². The highest BCUT2D eigenvalue weighted by Gasteiger charge is 2.05. The first-order chi connectivity index (χ1) is 7.13. The van der Waals surface area contributed by atoms with Gasteiger partial charge in [-0.2, -0.15) is 0 Å². The van der Waals surface area contributed by atoms with Gasteiger partial charge in [-0.1, -0.05) is 11.6 Å². The van der Waals surface area contributed by atoms with Gasteiger partial charge in [-0.25, -0.2) is 0 Å². The minimum Gasteiger partial charge on any atom is -0.483 e. The Labute approximate surface area is 106 Å². The normalized spacial score (nSPS) is 9.38. The number of hydrogen-bond donors (Lipinski definition) is 2. The first kappa shape index (κ1) is 15.0. The molecule has 0 aliphatic carbocycles. The third kappa shape index (κ3) is 4.70. The van der Waals surface area contributed by atoms with Gasteiger partial charge in [0.1, 0.15) is 5.75 Å². The third-order valence-electron chi connectivity index (χ3n) is 1.76. The van der Waals surface area contributed by atoms with Gasteiger partial charge in [-0.3, -0.25) is 4.79 Å². The van der Waals surface area contributed by atoms with Gasteiger partial charge in [-0.05, 0) is 25.2 Å². The van der Waals surface area contributed by atoms with Crippen LogP contribution in [0.5, 0.6) is 5.75 Å². The van der Waals surface area contributed by atoms with E-state index in [0.29, 0.717) is 17.3 Å². The zero-order chi connectivity index (χ0) is 11.3. The molecule has 0 heterocycles. The summed E-state index contributed by atoms with van der Waals surface area (Å²) in [6, 6.07) is 5.21. The van der Waals surface area contributed by atoms with Gasteiger partial charge in [0.2, 0.25) is 0 Å². The fraction of sp³-hybridized carbons (Fsp3) is 0.300. The lowest BCUT2D eigenvalue weighted by molar-refractivity contribution is -0.119. The van der Waals surface area contributed by atoms with Crippen molar-refractivity contribution in [3.05, 3.63) is 28.8 Å². The van der Waals surface area contributed by atoms with E-state index >= 15 is 0 Å². The smallest absolute Gasteiger partial charge is 0.255 e. The van der Waals surface area contributed by atoms with E-state index in [-0.39, 0.29) is 19.0 Å². The minimum absolute atomic E-state index is 0. The molecule has 1 aromatic carbocycles. The number of carbonyl (C=O) groups is 1. The molecular weight excluding hydrogens is 251 g/mol. The van der Waals surface area contributed by atoms with Gasteiger partial charge in [0, 0.05) is 17.1 Å². The maximum atomic E-state index is 10.6. The fourth-order valence-electron chi connectivity index (χ4n) is 1.17. The molecule has 0 bridgehead atoms. The predicted octanol–water partition coefficient (Wildman–Crippen LogP) is 1.35. The van der Waals surface area contributed by atoms with Gasteiger partial charge in [0.15, 0.2) is 6.61 Å². The topological polar surface area (TPSA) is 64.3 Å². The van der Waals surface area contributed by atoms with E-state index in [2.05, 4.69) is 5.32 Å². The van der Waals surface area contributed by atoms with E-state index in [0.717, 1.165) is 5.56 Å². The molecule has 1 rings (SSSR count). The van der Waals surface area contributed by atoms with Gasteiger partial charge in [-0.15, -0.1) is 12.4 Å². The maximum Gasteiger partial charge on any atom is 0.255 e. The van der Waals surface area contributed by atoms with Gasteiger partial charge in [0.25, 0.3) is 5.91 Å². The second-order valence-corrected chi connectivity index (χ2v) is 3.47. The zero-order valence-electron chi connectivity index (χ0n) is 8.83. The fourth-order valence-corrected chi connectivity index (χ4v) is 1.36. The molecule has 1 aromatic rings. The van der Waals surface area contributed by atoms with Crippen LogP contribution in [0.3, 0.4) is 0 Å². The van der Waals surface area contributed by atoms with Gasteiger partial charge >= 0.3 is 0 Å². The summed E-state index contributed by atoms with van der Waals surface area (Å²) in [6.07, 6.45) is 0. The first-order valence-corrected chi connectivity index (χ1v) is 4.85. The number of halogens is 2. The Morgan fingerprint density at radius 2 is 2.25 bits per heavy atom. The van der Waals surface area contributed by atoms with Crippen LogP contribution in [0.15, 0.2) is 18.2 Å². The molecule has 0 atom stereocenters. The highest BCUT2D eigenvalue weighted by atomic mass is 35.5. The van der Waals surface area contributed by atoms with Crippen LogP contribution in [-0.2, 0) is 11.3 Å². The molecule has 90 valence electrons. The second kappa shape index (κ2) is 7.33. The van der Waals surface area contributed by atoms with Gasteiger partial charge < -0.3 is 15.8 Å². The summed E-state index contributed by atoms with van der Waals surface area (Å²) in [5.74, 6) is 0.118. The van der Waals surface area contributed by atoms with Crippen molar-refractivity contribution < 1.29 is 9.53 Å². The lowest BCUT2D eigenvalue weighted by Gasteiger charge is -2.10. The van der Waals surface area contributed by atoms with Crippen LogP contribution in [0.4, 0.5) is 0 Å². The third-order valence-corrected chi connectivity index (χ3v) is 1.99. The van der Waals surface area contributed by atoms with Crippen molar-refractivity contribution in [2.24, 2.45) is 5.73 Å². The number of carbonyl (C=O) groups excluding carboxylic acids is 1. The Balaban J connectivity index is 0.00000225. The van der Waals surface area contributed by atoms with Crippen LogP contribution in [0, 0.1) is 0 Å². The first-order valence-electron chi connectivity index (χ1n) is 4.47. The summed E-state index contributed by atoms with van der Waals surface area (Å²) >= 11 is 5.84. The molecule has 1 amide bonds. The molecule has 3 N–H and O–H groups in total. The molecule has 0 aliphatic rings. The molecule has 0 radical (unpaired) electrons. The largest absolute Gasteiger partial charge is 0.483 e. The molecule has 0 aromatic heterocycles. The Kier molecular flexibility index (Phi) is 6.88. The zero-order valence-corrected chi connectivity index (χ0v) is 10.4.